The molecular formula is C24H37ClN2O2. The molecule has 0 aliphatic heterocycles. The first-order chi connectivity index (χ1) is 13.8. The van der Waals surface area contributed by atoms with Gasteiger partial charge in [0.25, 0.3) is 0 Å². The van der Waals surface area contributed by atoms with Gasteiger partial charge in [-0.05, 0) is 99.3 Å². The van der Waals surface area contributed by atoms with Crippen LogP contribution in [-0.2, 0) is 9.53 Å². The van der Waals surface area contributed by atoms with Gasteiger partial charge in [-0.1, -0.05) is 13.8 Å². The summed E-state index contributed by atoms with van der Waals surface area (Å²) < 4.78 is 5.62. The Morgan fingerprint density at radius 3 is 2.55 bits per heavy atom. The number of carbonyl (C=O) groups excluding carboxylic acids is 1. The lowest BCUT2D eigenvalue weighted by atomic mass is 9.45. The summed E-state index contributed by atoms with van der Waals surface area (Å²) in [6.07, 6.45) is 11.1. The molecule has 0 bridgehead atoms. The smallest absolute Gasteiger partial charge is 0.321 e. The van der Waals surface area contributed by atoms with Crippen LogP contribution in [0.15, 0.2) is 0 Å². The molecule has 0 radical (unpaired) electrons. The van der Waals surface area contributed by atoms with Crippen molar-refractivity contribution in [2.24, 2.45) is 34.5 Å². The van der Waals surface area contributed by atoms with E-state index < -0.39 is 0 Å². The molecule has 4 fully saturated rings. The molecule has 0 aromatic carbocycles. The molecular weight excluding hydrogens is 384 g/mol. The van der Waals surface area contributed by atoms with E-state index in [1.807, 2.05) is 0 Å². The summed E-state index contributed by atoms with van der Waals surface area (Å²) >= 11 is 5.65. The maximum atomic E-state index is 11.7. The van der Waals surface area contributed by atoms with Crippen molar-refractivity contribution in [2.45, 2.75) is 83.8 Å². The van der Waals surface area contributed by atoms with E-state index in [0.29, 0.717) is 29.3 Å². The maximum absolute atomic E-state index is 11.7. The number of hydrogen-bond acceptors (Lipinski definition) is 4. The molecule has 0 aromatic rings. The van der Waals surface area contributed by atoms with Crippen molar-refractivity contribution in [3.8, 4) is 6.07 Å². The average molecular weight is 421 g/mol. The first kappa shape index (κ1) is 21.4. The minimum atomic E-state index is -0.263. The number of esters is 1. The highest BCUT2D eigenvalue weighted by Gasteiger charge is 2.60. The van der Waals surface area contributed by atoms with Crippen molar-refractivity contribution >= 4 is 17.6 Å². The Kier molecular flexibility index (Phi) is 5.95. The number of fused-ring (bicyclic) bond motifs is 5. The number of nitrogens with zero attached hydrogens (tertiary/aromatic N) is 2. The molecule has 4 aliphatic rings. The van der Waals surface area contributed by atoms with E-state index in [9.17, 15) is 10.1 Å². The summed E-state index contributed by atoms with van der Waals surface area (Å²) in [5, 5.41) is 9.19. The first-order valence-corrected chi connectivity index (χ1v) is 12.2. The van der Waals surface area contributed by atoms with Gasteiger partial charge in [0, 0.05) is 6.04 Å². The predicted molar refractivity (Wildman–Crippen MR) is 114 cm³/mol. The highest BCUT2D eigenvalue weighted by Crippen LogP contribution is 2.66. The number of alkyl halides is 1. The molecule has 0 spiro atoms. The van der Waals surface area contributed by atoms with Gasteiger partial charge in [-0.2, -0.15) is 5.26 Å². The van der Waals surface area contributed by atoms with Gasteiger partial charge in [-0.3, -0.25) is 9.69 Å². The summed E-state index contributed by atoms with van der Waals surface area (Å²) in [5.41, 5.74) is 0.758. The summed E-state index contributed by atoms with van der Waals surface area (Å²) in [5.74, 6) is 2.82. The van der Waals surface area contributed by atoms with E-state index >= 15 is 0 Å². The molecule has 0 saturated heterocycles. The average Bonchev–Trinajstić information content (AvgIpc) is 3.05. The van der Waals surface area contributed by atoms with E-state index in [4.69, 9.17) is 16.3 Å². The van der Waals surface area contributed by atoms with Gasteiger partial charge >= 0.3 is 5.97 Å². The quantitative estimate of drug-likeness (QED) is 0.364. The molecule has 162 valence electrons. The fourth-order valence-corrected chi connectivity index (χ4v) is 8.52. The zero-order chi connectivity index (χ0) is 20.8. The second-order valence-electron chi connectivity index (χ2n) is 10.9. The van der Waals surface area contributed by atoms with Crippen molar-refractivity contribution in [3.05, 3.63) is 0 Å². The van der Waals surface area contributed by atoms with Gasteiger partial charge in [0.05, 0.1) is 12.6 Å². The Bertz CT molecular complexity index is 678. The van der Waals surface area contributed by atoms with Crippen LogP contribution in [0.5, 0.6) is 0 Å². The van der Waals surface area contributed by atoms with Crippen LogP contribution < -0.4 is 0 Å². The minimum absolute atomic E-state index is 0.0369. The minimum Gasteiger partial charge on any atom is -0.461 e. The molecule has 0 heterocycles. The van der Waals surface area contributed by atoms with E-state index in [-0.39, 0.29) is 18.0 Å². The van der Waals surface area contributed by atoms with Gasteiger partial charge in [0.1, 0.15) is 12.0 Å². The second kappa shape index (κ2) is 8.04. The van der Waals surface area contributed by atoms with Gasteiger partial charge in [0.2, 0.25) is 0 Å². The van der Waals surface area contributed by atoms with E-state index in [0.717, 1.165) is 30.6 Å². The fourth-order valence-electron chi connectivity index (χ4n) is 8.46. The Labute approximate surface area is 181 Å². The van der Waals surface area contributed by atoms with Gasteiger partial charge < -0.3 is 4.74 Å². The lowest BCUT2D eigenvalue weighted by Gasteiger charge is -2.61. The molecule has 8 atom stereocenters. The SMILES string of the molecule is CN(CC#N)[C@@H]1CC[C@@H]2[C@@H]3CC[C@H]4C[C@@H](OC(=O)CCl)CC[C@]4(C)[C@@H]3CC[C@@]21C. The largest absolute Gasteiger partial charge is 0.461 e. The van der Waals surface area contributed by atoms with Crippen LogP contribution in [-0.4, -0.2) is 42.5 Å². The topological polar surface area (TPSA) is 53.3 Å². The highest BCUT2D eigenvalue weighted by atomic mass is 35.5. The second-order valence-corrected chi connectivity index (χ2v) is 11.2. The Morgan fingerprint density at radius 1 is 1.10 bits per heavy atom. The zero-order valence-corrected chi connectivity index (χ0v) is 19.1. The fraction of sp³-hybridized carbons (Fsp3) is 0.917. The summed E-state index contributed by atoms with van der Waals surface area (Å²) in [7, 11) is 2.15. The third-order valence-electron chi connectivity index (χ3n) is 9.83. The summed E-state index contributed by atoms with van der Waals surface area (Å²) in [4.78, 5) is 14.0. The van der Waals surface area contributed by atoms with Crippen LogP contribution in [0.3, 0.4) is 0 Å². The molecule has 4 rings (SSSR count). The lowest BCUT2D eigenvalue weighted by Crippen LogP contribution is -2.56. The van der Waals surface area contributed by atoms with Crippen LogP contribution in [0.1, 0.15) is 71.6 Å². The third kappa shape index (κ3) is 3.51. The van der Waals surface area contributed by atoms with Gasteiger partial charge in [0.15, 0.2) is 0 Å². The first-order valence-electron chi connectivity index (χ1n) is 11.7. The molecule has 0 aromatic heterocycles. The van der Waals surface area contributed by atoms with Crippen LogP contribution in [0.25, 0.3) is 0 Å². The Balaban J connectivity index is 1.49. The number of carbonyl (C=O) groups is 1. The number of halogens is 1. The van der Waals surface area contributed by atoms with Crippen LogP contribution in [0.2, 0.25) is 0 Å². The van der Waals surface area contributed by atoms with Crippen molar-refractivity contribution in [1.29, 1.82) is 5.26 Å². The molecule has 0 N–H and O–H groups in total. The molecule has 0 unspecified atom stereocenters. The summed E-state index contributed by atoms with van der Waals surface area (Å²) in [6.45, 7) is 5.62. The van der Waals surface area contributed by atoms with Gasteiger partial charge in [-0.15, -0.1) is 11.6 Å². The maximum Gasteiger partial charge on any atom is 0.321 e. The number of hydrogen-bond donors (Lipinski definition) is 0. The van der Waals surface area contributed by atoms with E-state index in [2.05, 4.69) is 31.9 Å². The number of ether oxygens (including phenoxy) is 1. The van der Waals surface area contributed by atoms with E-state index in [1.54, 1.807) is 0 Å². The lowest BCUT2D eigenvalue weighted by molar-refractivity contribution is -0.159. The molecule has 0 amide bonds. The van der Waals surface area contributed by atoms with Crippen molar-refractivity contribution in [1.82, 2.24) is 4.90 Å². The Morgan fingerprint density at radius 2 is 1.83 bits per heavy atom. The van der Waals surface area contributed by atoms with Crippen LogP contribution in [0, 0.1) is 45.8 Å². The molecule has 4 saturated carbocycles. The number of nitriles is 1. The third-order valence-corrected chi connectivity index (χ3v) is 10.0. The molecule has 4 nitrogen and oxygen atoms in total. The van der Waals surface area contributed by atoms with Crippen LogP contribution in [0.4, 0.5) is 0 Å². The number of rotatable bonds is 4. The van der Waals surface area contributed by atoms with Crippen molar-refractivity contribution in [2.75, 3.05) is 19.5 Å². The van der Waals surface area contributed by atoms with Crippen molar-refractivity contribution < 1.29 is 9.53 Å². The zero-order valence-electron chi connectivity index (χ0n) is 18.3. The monoisotopic (exact) mass is 420 g/mol. The molecule has 5 heteroatoms. The van der Waals surface area contributed by atoms with E-state index in [1.165, 1.54) is 44.9 Å². The molecule has 4 aliphatic carbocycles. The highest BCUT2D eigenvalue weighted by molar-refractivity contribution is 6.26. The standard InChI is InChI=1S/C24H37ClN2O2/c1-23-10-8-17(29-22(28)15-25)14-16(23)4-5-18-19-6-7-21(27(3)13-12-26)24(19,2)11-9-20(18)23/h16-21H,4-11,13-15H2,1-3H3/t16-,17-,18-,19+,20+,21+,23-,24-/m0/s1. The predicted octanol–water partition coefficient (Wildman–Crippen LogP) is 5.00. The van der Waals surface area contributed by atoms with Crippen LogP contribution >= 0.6 is 11.6 Å². The normalized spacial score (nSPS) is 46.3. The summed E-state index contributed by atoms with van der Waals surface area (Å²) in [6, 6.07) is 2.92. The van der Waals surface area contributed by atoms with Gasteiger partial charge in [-0.25, -0.2) is 0 Å². The van der Waals surface area contributed by atoms with Crippen molar-refractivity contribution in [3.63, 3.8) is 0 Å². The molecule has 29 heavy (non-hydrogen) atoms. The Hall–Kier alpha value is -0.790.